The zero-order chi connectivity index (χ0) is 16.4. The second kappa shape index (κ2) is 6.71. The van der Waals surface area contributed by atoms with Crippen LogP contribution in [0.3, 0.4) is 0 Å². The van der Waals surface area contributed by atoms with Gasteiger partial charge in [0, 0.05) is 37.8 Å². The predicted molar refractivity (Wildman–Crippen MR) is 89.4 cm³/mol. The summed E-state index contributed by atoms with van der Waals surface area (Å²) in [4.78, 5) is 28.5. The van der Waals surface area contributed by atoms with Crippen LogP contribution < -0.4 is 5.32 Å². The van der Waals surface area contributed by atoms with Crippen LogP contribution in [0.5, 0.6) is 0 Å². The average molecular weight is 315 g/mol. The highest BCUT2D eigenvalue weighted by Gasteiger charge is 2.26. The first kappa shape index (κ1) is 16.0. The summed E-state index contributed by atoms with van der Waals surface area (Å²) in [5, 5.41) is 3.01. The smallest absolute Gasteiger partial charge is 0.253 e. The maximum Gasteiger partial charge on any atom is 0.253 e. The second-order valence-corrected chi connectivity index (χ2v) is 6.79. The van der Waals surface area contributed by atoms with Crippen molar-refractivity contribution in [2.75, 3.05) is 32.7 Å². The van der Waals surface area contributed by atoms with E-state index < -0.39 is 0 Å². The standard InChI is InChI=1S/C18H25N3O2/c1-13-9-14(2)11-15(10-13)18(23)21-7-5-20(6-8-21)12-17(22)19-16-3-4-16/h9-11,16H,3-8,12H2,1-2H3,(H,19,22). The monoisotopic (exact) mass is 315 g/mol. The molecule has 0 unspecified atom stereocenters. The third-order valence-electron chi connectivity index (χ3n) is 4.44. The van der Waals surface area contributed by atoms with Gasteiger partial charge in [-0.25, -0.2) is 0 Å². The number of nitrogens with one attached hydrogen (secondary N) is 1. The highest BCUT2D eigenvalue weighted by Crippen LogP contribution is 2.18. The quantitative estimate of drug-likeness (QED) is 0.912. The fourth-order valence-electron chi connectivity index (χ4n) is 3.09. The van der Waals surface area contributed by atoms with Crippen LogP contribution in [-0.2, 0) is 4.79 Å². The summed E-state index contributed by atoms with van der Waals surface area (Å²) in [6, 6.07) is 6.39. The van der Waals surface area contributed by atoms with Crippen molar-refractivity contribution in [2.45, 2.75) is 32.7 Å². The molecule has 1 saturated heterocycles. The van der Waals surface area contributed by atoms with E-state index in [0.29, 0.717) is 25.7 Å². The Hall–Kier alpha value is -1.88. The molecule has 1 saturated carbocycles. The van der Waals surface area contributed by atoms with E-state index in [1.807, 2.05) is 30.9 Å². The molecule has 5 heteroatoms. The zero-order valence-corrected chi connectivity index (χ0v) is 14.0. The summed E-state index contributed by atoms with van der Waals surface area (Å²) in [5.41, 5.74) is 3.00. The Morgan fingerprint density at radius 2 is 1.65 bits per heavy atom. The van der Waals surface area contributed by atoms with Gasteiger partial charge in [0.25, 0.3) is 5.91 Å². The van der Waals surface area contributed by atoms with Gasteiger partial charge >= 0.3 is 0 Å². The lowest BCUT2D eigenvalue weighted by Crippen LogP contribution is -2.51. The second-order valence-electron chi connectivity index (χ2n) is 6.79. The Morgan fingerprint density at radius 1 is 1.04 bits per heavy atom. The lowest BCUT2D eigenvalue weighted by atomic mass is 10.1. The molecule has 23 heavy (non-hydrogen) atoms. The van der Waals surface area contributed by atoms with Gasteiger partial charge < -0.3 is 10.2 Å². The van der Waals surface area contributed by atoms with Gasteiger partial charge in [-0.1, -0.05) is 17.2 Å². The first-order valence-corrected chi connectivity index (χ1v) is 8.40. The van der Waals surface area contributed by atoms with E-state index in [9.17, 15) is 9.59 Å². The van der Waals surface area contributed by atoms with E-state index in [-0.39, 0.29) is 11.8 Å². The topological polar surface area (TPSA) is 52.7 Å². The van der Waals surface area contributed by atoms with E-state index in [2.05, 4.69) is 16.3 Å². The maximum absolute atomic E-state index is 12.6. The minimum Gasteiger partial charge on any atom is -0.352 e. The van der Waals surface area contributed by atoms with Crippen LogP contribution in [0, 0.1) is 13.8 Å². The van der Waals surface area contributed by atoms with Crippen molar-refractivity contribution in [3.05, 3.63) is 34.9 Å². The number of carbonyl (C=O) groups excluding carboxylic acids is 2. The van der Waals surface area contributed by atoms with Crippen LogP contribution in [-0.4, -0.2) is 60.4 Å². The summed E-state index contributed by atoms with van der Waals surface area (Å²) < 4.78 is 0. The molecule has 1 heterocycles. The molecule has 1 N–H and O–H groups in total. The van der Waals surface area contributed by atoms with Crippen LogP contribution in [0.2, 0.25) is 0 Å². The Kier molecular flexibility index (Phi) is 4.66. The number of benzene rings is 1. The molecule has 0 bridgehead atoms. The van der Waals surface area contributed by atoms with E-state index in [4.69, 9.17) is 0 Å². The Labute approximate surface area is 137 Å². The molecule has 124 valence electrons. The Bertz CT molecular complexity index is 582. The van der Waals surface area contributed by atoms with Gasteiger partial charge in [-0.3, -0.25) is 14.5 Å². The maximum atomic E-state index is 12.6. The van der Waals surface area contributed by atoms with Gasteiger partial charge in [0.15, 0.2) is 0 Å². The summed E-state index contributed by atoms with van der Waals surface area (Å²) in [7, 11) is 0. The third-order valence-corrected chi connectivity index (χ3v) is 4.44. The lowest BCUT2D eigenvalue weighted by Gasteiger charge is -2.34. The molecule has 3 rings (SSSR count). The minimum absolute atomic E-state index is 0.0962. The number of hydrogen-bond acceptors (Lipinski definition) is 3. The third kappa shape index (κ3) is 4.32. The van der Waals surface area contributed by atoms with Crippen molar-refractivity contribution >= 4 is 11.8 Å². The lowest BCUT2D eigenvalue weighted by molar-refractivity contribution is -0.122. The van der Waals surface area contributed by atoms with Gasteiger partial charge in [-0.05, 0) is 38.8 Å². The minimum atomic E-state index is 0.0962. The first-order chi connectivity index (χ1) is 11.0. The van der Waals surface area contributed by atoms with Crippen LogP contribution in [0.1, 0.15) is 34.3 Å². The normalized spacial score (nSPS) is 18.8. The average Bonchev–Trinajstić information content (AvgIpc) is 3.30. The fraction of sp³-hybridized carbons (Fsp3) is 0.556. The number of hydrogen-bond donors (Lipinski definition) is 1. The Morgan fingerprint density at radius 3 is 2.22 bits per heavy atom. The molecule has 2 aliphatic rings. The van der Waals surface area contributed by atoms with Crippen molar-refractivity contribution in [2.24, 2.45) is 0 Å². The van der Waals surface area contributed by atoms with Crippen molar-refractivity contribution in [1.29, 1.82) is 0 Å². The molecule has 0 radical (unpaired) electrons. The fourth-order valence-corrected chi connectivity index (χ4v) is 3.09. The van der Waals surface area contributed by atoms with Crippen LogP contribution in [0.25, 0.3) is 0 Å². The van der Waals surface area contributed by atoms with Crippen molar-refractivity contribution in [3.63, 3.8) is 0 Å². The summed E-state index contributed by atoms with van der Waals surface area (Å²) in [5.74, 6) is 0.209. The van der Waals surface area contributed by atoms with Gasteiger partial charge in [-0.15, -0.1) is 0 Å². The number of piperazine rings is 1. The first-order valence-electron chi connectivity index (χ1n) is 8.40. The number of rotatable bonds is 4. The van der Waals surface area contributed by atoms with E-state index in [0.717, 1.165) is 42.6 Å². The number of nitrogens with zero attached hydrogens (tertiary/aromatic N) is 2. The molecule has 1 aromatic carbocycles. The van der Waals surface area contributed by atoms with Crippen molar-refractivity contribution < 1.29 is 9.59 Å². The highest BCUT2D eigenvalue weighted by atomic mass is 16.2. The van der Waals surface area contributed by atoms with Crippen LogP contribution in [0.15, 0.2) is 18.2 Å². The summed E-state index contributed by atoms with van der Waals surface area (Å²) >= 11 is 0. The molecule has 0 spiro atoms. The Balaban J connectivity index is 1.51. The van der Waals surface area contributed by atoms with E-state index >= 15 is 0 Å². The molecular formula is C18H25N3O2. The largest absolute Gasteiger partial charge is 0.352 e. The van der Waals surface area contributed by atoms with E-state index in [1.54, 1.807) is 0 Å². The van der Waals surface area contributed by atoms with Crippen LogP contribution in [0.4, 0.5) is 0 Å². The molecule has 0 atom stereocenters. The molecule has 5 nitrogen and oxygen atoms in total. The highest BCUT2D eigenvalue weighted by molar-refractivity contribution is 5.94. The SMILES string of the molecule is Cc1cc(C)cc(C(=O)N2CCN(CC(=O)NC3CC3)CC2)c1. The number of carbonyl (C=O) groups is 2. The summed E-state index contributed by atoms with van der Waals surface area (Å²) in [6.07, 6.45) is 2.23. The summed E-state index contributed by atoms with van der Waals surface area (Å²) in [6.45, 7) is 7.36. The van der Waals surface area contributed by atoms with E-state index in [1.165, 1.54) is 0 Å². The van der Waals surface area contributed by atoms with Gasteiger partial charge in [0.05, 0.1) is 6.54 Å². The molecular weight excluding hydrogens is 290 g/mol. The molecule has 1 aliphatic heterocycles. The molecule has 2 fully saturated rings. The molecule has 2 amide bonds. The van der Waals surface area contributed by atoms with Gasteiger partial charge in [0.1, 0.15) is 0 Å². The van der Waals surface area contributed by atoms with Gasteiger partial charge in [-0.2, -0.15) is 0 Å². The predicted octanol–water partition coefficient (Wildman–Crippen LogP) is 1.34. The molecule has 1 aliphatic carbocycles. The number of aryl methyl sites for hydroxylation is 2. The van der Waals surface area contributed by atoms with Gasteiger partial charge in [0.2, 0.25) is 5.91 Å². The zero-order valence-electron chi connectivity index (χ0n) is 14.0. The molecule has 0 aromatic heterocycles. The van der Waals surface area contributed by atoms with Crippen molar-refractivity contribution in [3.8, 4) is 0 Å². The van der Waals surface area contributed by atoms with Crippen LogP contribution >= 0.6 is 0 Å². The number of amides is 2. The van der Waals surface area contributed by atoms with Crippen molar-refractivity contribution in [1.82, 2.24) is 15.1 Å². The molecule has 1 aromatic rings.